The summed E-state index contributed by atoms with van der Waals surface area (Å²) in [5.74, 6) is -0.158. The van der Waals surface area contributed by atoms with Crippen LogP contribution >= 0.6 is 0 Å². The second kappa shape index (κ2) is 5.32. The molecule has 0 radical (unpaired) electrons. The zero-order chi connectivity index (χ0) is 10.4. The molecule has 78 valence electrons. The third kappa shape index (κ3) is 3.51. The Balaban J connectivity index is 2.17. The molecule has 1 rings (SSSR count). The van der Waals surface area contributed by atoms with E-state index < -0.39 is 0 Å². The van der Waals surface area contributed by atoms with E-state index in [4.69, 9.17) is 5.73 Å². The van der Waals surface area contributed by atoms with E-state index in [2.05, 4.69) is 9.64 Å². The lowest BCUT2D eigenvalue weighted by atomic mass is 10.2. The Bertz CT molecular complexity index is 259. The van der Waals surface area contributed by atoms with Gasteiger partial charge in [0.2, 0.25) is 0 Å². The minimum Gasteiger partial charge on any atom is -0.469 e. The fraction of sp³-hybridized carbons (Fsp3) is 0.500. The molecule has 0 amide bonds. The number of nitrogens with two attached hydrogens (primary N) is 1. The predicted octanol–water partition coefficient (Wildman–Crippen LogP) is 0.612. The Morgan fingerprint density at radius 2 is 2.50 bits per heavy atom. The van der Waals surface area contributed by atoms with Crippen molar-refractivity contribution in [2.24, 2.45) is 5.73 Å². The minimum atomic E-state index is -0.158. The number of hydrogen-bond acceptors (Lipinski definition) is 4. The highest BCUT2D eigenvalue weighted by Gasteiger charge is 2.05. The van der Waals surface area contributed by atoms with Gasteiger partial charge in [-0.25, -0.2) is 0 Å². The summed E-state index contributed by atoms with van der Waals surface area (Å²) in [7, 11) is 1.41. The van der Waals surface area contributed by atoms with Crippen molar-refractivity contribution in [3.63, 3.8) is 0 Å². The van der Waals surface area contributed by atoms with Gasteiger partial charge in [-0.05, 0) is 24.8 Å². The summed E-state index contributed by atoms with van der Waals surface area (Å²) in [6.45, 7) is 1.58. The quantitative estimate of drug-likeness (QED) is 0.669. The molecule has 0 unspecified atom stereocenters. The molecule has 1 heterocycles. The van der Waals surface area contributed by atoms with E-state index >= 15 is 0 Å². The first kappa shape index (κ1) is 10.6. The van der Waals surface area contributed by atoms with Crippen LogP contribution < -0.4 is 5.73 Å². The first-order valence-electron chi connectivity index (χ1n) is 4.66. The Kier molecular flexibility index (Phi) is 4.04. The molecule has 0 saturated carbocycles. The van der Waals surface area contributed by atoms with Gasteiger partial charge in [-0.3, -0.25) is 4.79 Å². The summed E-state index contributed by atoms with van der Waals surface area (Å²) in [4.78, 5) is 12.9. The summed E-state index contributed by atoms with van der Waals surface area (Å²) >= 11 is 0. The second-order valence-corrected chi connectivity index (χ2v) is 3.23. The lowest BCUT2D eigenvalue weighted by molar-refractivity contribution is -0.140. The number of nitrogens with zero attached hydrogens (tertiary/aromatic N) is 1. The Morgan fingerprint density at radius 3 is 3.14 bits per heavy atom. The van der Waals surface area contributed by atoms with Crippen molar-refractivity contribution >= 4 is 5.97 Å². The molecule has 4 nitrogen and oxygen atoms in total. The lowest BCUT2D eigenvalue weighted by Gasteiger charge is -2.22. The van der Waals surface area contributed by atoms with E-state index in [-0.39, 0.29) is 5.97 Å². The fourth-order valence-corrected chi connectivity index (χ4v) is 1.31. The number of allylic oxidation sites excluding steroid dienone is 2. The predicted molar refractivity (Wildman–Crippen MR) is 54.2 cm³/mol. The first-order chi connectivity index (χ1) is 6.72. The molecule has 0 aromatic rings. The van der Waals surface area contributed by atoms with Crippen LogP contribution in [0.1, 0.15) is 12.8 Å². The van der Waals surface area contributed by atoms with E-state index in [1.165, 1.54) is 7.11 Å². The van der Waals surface area contributed by atoms with Crippen LogP contribution in [0.3, 0.4) is 0 Å². The molecular formula is C10H16N2O2. The zero-order valence-corrected chi connectivity index (χ0v) is 8.40. The SMILES string of the molecule is COC(=O)CCCN1C=CC=C(N)C1. The molecule has 0 atom stereocenters. The highest BCUT2D eigenvalue weighted by Crippen LogP contribution is 2.04. The van der Waals surface area contributed by atoms with E-state index in [9.17, 15) is 4.79 Å². The molecular weight excluding hydrogens is 180 g/mol. The van der Waals surface area contributed by atoms with Gasteiger partial charge >= 0.3 is 5.97 Å². The third-order valence-electron chi connectivity index (χ3n) is 2.05. The van der Waals surface area contributed by atoms with Crippen LogP contribution in [-0.2, 0) is 9.53 Å². The van der Waals surface area contributed by atoms with Gasteiger partial charge < -0.3 is 15.4 Å². The molecule has 1 aliphatic heterocycles. The van der Waals surface area contributed by atoms with E-state index in [0.29, 0.717) is 6.42 Å². The second-order valence-electron chi connectivity index (χ2n) is 3.23. The van der Waals surface area contributed by atoms with Gasteiger partial charge in [0.15, 0.2) is 0 Å². The average Bonchev–Trinajstić information content (AvgIpc) is 2.17. The van der Waals surface area contributed by atoms with Crippen LogP contribution in [0, 0.1) is 0 Å². The fourth-order valence-electron chi connectivity index (χ4n) is 1.31. The van der Waals surface area contributed by atoms with Crippen molar-refractivity contribution in [1.82, 2.24) is 4.90 Å². The van der Waals surface area contributed by atoms with Crippen LogP contribution in [0.15, 0.2) is 24.0 Å². The molecule has 0 fully saturated rings. The number of methoxy groups -OCH3 is 1. The largest absolute Gasteiger partial charge is 0.469 e. The lowest BCUT2D eigenvalue weighted by Crippen LogP contribution is -2.26. The molecule has 0 aromatic carbocycles. The van der Waals surface area contributed by atoms with Gasteiger partial charge in [0, 0.05) is 18.7 Å². The zero-order valence-electron chi connectivity index (χ0n) is 8.40. The highest BCUT2D eigenvalue weighted by molar-refractivity contribution is 5.69. The minimum absolute atomic E-state index is 0.158. The van der Waals surface area contributed by atoms with Crippen molar-refractivity contribution in [3.8, 4) is 0 Å². The smallest absolute Gasteiger partial charge is 0.305 e. The standard InChI is InChI=1S/C10H16N2O2/c1-14-10(13)5-3-7-12-6-2-4-9(11)8-12/h2,4,6H,3,5,7-8,11H2,1H3. The molecule has 4 heteroatoms. The molecule has 0 bridgehead atoms. The Morgan fingerprint density at radius 1 is 1.71 bits per heavy atom. The molecule has 2 N–H and O–H groups in total. The summed E-state index contributed by atoms with van der Waals surface area (Å²) in [6, 6.07) is 0. The van der Waals surface area contributed by atoms with E-state index in [0.717, 1.165) is 25.2 Å². The summed E-state index contributed by atoms with van der Waals surface area (Å²) in [5.41, 5.74) is 6.51. The molecule has 1 aliphatic rings. The number of hydrogen-bond donors (Lipinski definition) is 1. The van der Waals surface area contributed by atoms with Crippen molar-refractivity contribution in [2.45, 2.75) is 12.8 Å². The van der Waals surface area contributed by atoms with Gasteiger partial charge in [0.1, 0.15) is 0 Å². The summed E-state index contributed by atoms with van der Waals surface area (Å²) < 4.78 is 4.55. The first-order valence-corrected chi connectivity index (χ1v) is 4.66. The van der Waals surface area contributed by atoms with E-state index in [1.54, 1.807) is 0 Å². The molecule has 0 aliphatic carbocycles. The highest BCUT2D eigenvalue weighted by atomic mass is 16.5. The maximum absolute atomic E-state index is 10.8. The van der Waals surface area contributed by atoms with Crippen LogP contribution in [-0.4, -0.2) is 31.1 Å². The van der Waals surface area contributed by atoms with Crippen molar-refractivity contribution in [3.05, 3.63) is 24.0 Å². The van der Waals surface area contributed by atoms with Crippen LogP contribution in [0.2, 0.25) is 0 Å². The number of ether oxygens (including phenoxy) is 1. The van der Waals surface area contributed by atoms with Crippen molar-refractivity contribution in [1.29, 1.82) is 0 Å². The Hall–Kier alpha value is -1.45. The number of carbonyl (C=O) groups excluding carboxylic acids is 1. The maximum atomic E-state index is 10.8. The number of esters is 1. The Labute approximate surface area is 84.0 Å². The van der Waals surface area contributed by atoms with Crippen LogP contribution in [0.5, 0.6) is 0 Å². The van der Waals surface area contributed by atoms with Gasteiger partial charge in [-0.2, -0.15) is 0 Å². The normalized spacial score (nSPS) is 15.2. The van der Waals surface area contributed by atoms with Gasteiger partial charge in [-0.15, -0.1) is 0 Å². The van der Waals surface area contributed by atoms with Gasteiger partial charge in [0.05, 0.1) is 13.7 Å². The van der Waals surface area contributed by atoms with Crippen molar-refractivity contribution in [2.75, 3.05) is 20.2 Å². The molecule has 0 spiro atoms. The molecule has 14 heavy (non-hydrogen) atoms. The van der Waals surface area contributed by atoms with Crippen molar-refractivity contribution < 1.29 is 9.53 Å². The van der Waals surface area contributed by atoms with Crippen LogP contribution in [0.25, 0.3) is 0 Å². The average molecular weight is 196 g/mol. The van der Waals surface area contributed by atoms with Crippen LogP contribution in [0.4, 0.5) is 0 Å². The van der Waals surface area contributed by atoms with Gasteiger partial charge in [-0.1, -0.05) is 0 Å². The van der Waals surface area contributed by atoms with E-state index in [1.807, 2.05) is 18.4 Å². The topological polar surface area (TPSA) is 55.6 Å². The third-order valence-corrected chi connectivity index (χ3v) is 2.05. The summed E-state index contributed by atoms with van der Waals surface area (Å²) in [5, 5.41) is 0. The number of rotatable bonds is 4. The molecule has 0 aromatic heterocycles. The monoisotopic (exact) mass is 196 g/mol. The summed E-state index contributed by atoms with van der Waals surface area (Å²) in [6.07, 6.45) is 7.04. The van der Waals surface area contributed by atoms with Gasteiger partial charge in [0.25, 0.3) is 0 Å². The molecule has 0 saturated heterocycles. The maximum Gasteiger partial charge on any atom is 0.305 e. The number of carbonyl (C=O) groups is 1.